The fraction of sp³-hybridized carbons (Fsp3) is 0.571. The van der Waals surface area contributed by atoms with E-state index in [2.05, 4.69) is 0 Å². The lowest BCUT2D eigenvalue weighted by atomic mass is 10.2. The average molecular weight is 299 g/mol. The van der Waals surface area contributed by atoms with E-state index in [0.717, 1.165) is 22.8 Å². The number of aliphatic carboxylic acids is 1. The lowest BCUT2D eigenvalue weighted by Crippen LogP contribution is -2.27. The molecule has 0 aromatic carbocycles. The zero-order chi connectivity index (χ0) is 15.1. The van der Waals surface area contributed by atoms with E-state index in [-0.39, 0.29) is 12.4 Å². The van der Waals surface area contributed by atoms with Gasteiger partial charge in [0.2, 0.25) is 0 Å². The van der Waals surface area contributed by atoms with E-state index < -0.39 is 5.97 Å². The molecule has 0 spiro atoms. The summed E-state index contributed by atoms with van der Waals surface area (Å²) in [5.74, 6) is -1.18. The number of hydrogen-bond donors (Lipinski definition) is 1. The Kier molecular flexibility index (Phi) is 6.51. The number of hydrogen-bond acceptors (Lipinski definition) is 5. The summed E-state index contributed by atoms with van der Waals surface area (Å²) in [6.45, 7) is 7.17. The third-order valence-electron chi connectivity index (χ3n) is 2.71. The Labute approximate surface area is 123 Å². The number of aryl methyl sites for hydroxylation is 1. The molecule has 0 fully saturated rings. The van der Waals surface area contributed by atoms with Crippen LogP contribution in [-0.2, 0) is 9.53 Å². The standard InChI is InChI=1S/C14H21NO4S/c1-4-7-15(8-6-12(16)17)13-11(9-10(3)20-13)14(18)19-5-2/h9H,4-8H2,1-3H3,(H,16,17). The number of ether oxygens (including phenoxy) is 1. The molecule has 5 nitrogen and oxygen atoms in total. The van der Waals surface area contributed by atoms with E-state index in [1.165, 1.54) is 11.3 Å². The van der Waals surface area contributed by atoms with Crippen LogP contribution in [0.25, 0.3) is 0 Å². The molecule has 0 aliphatic heterocycles. The fourth-order valence-electron chi connectivity index (χ4n) is 1.91. The quantitative estimate of drug-likeness (QED) is 0.748. The van der Waals surface area contributed by atoms with Gasteiger partial charge in [-0.15, -0.1) is 11.3 Å². The predicted octanol–water partition coefficient (Wildman–Crippen LogP) is 2.92. The number of rotatable bonds is 8. The lowest BCUT2D eigenvalue weighted by Gasteiger charge is -2.23. The Bertz CT molecular complexity index is 470. The van der Waals surface area contributed by atoms with Crippen molar-refractivity contribution in [2.75, 3.05) is 24.6 Å². The van der Waals surface area contributed by atoms with E-state index in [1.807, 2.05) is 18.7 Å². The monoisotopic (exact) mass is 299 g/mol. The Hall–Kier alpha value is -1.56. The Morgan fingerprint density at radius 1 is 1.35 bits per heavy atom. The Morgan fingerprint density at radius 3 is 2.60 bits per heavy atom. The van der Waals surface area contributed by atoms with Crippen molar-refractivity contribution in [1.82, 2.24) is 0 Å². The van der Waals surface area contributed by atoms with Gasteiger partial charge in [-0.05, 0) is 26.3 Å². The van der Waals surface area contributed by atoms with Crippen molar-refractivity contribution >= 4 is 28.3 Å². The third-order valence-corrected chi connectivity index (χ3v) is 3.82. The van der Waals surface area contributed by atoms with E-state index in [0.29, 0.717) is 18.7 Å². The summed E-state index contributed by atoms with van der Waals surface area (Å²) in [6.07, 6.45) is 0.943. The van der Waals surface area contributed by atoms with Gasteiger partial charge in [-0.3, -0.25) is 4.79 Å². The van der Waals surface area contributed by atoms with Gasteiger partial charge < -0.3 is 14.7 Å². The van der Waals surface area contributed by atoms with Crippen LogP contribution in [0.4, 0.5) is 5.00 Å². The minimum absolute atomic E-state index is 0.0548. The van der Waals surface area contributed by atoms with Gasteiger partial charge in [-0.1, -0.05) is 6.92 Å². The van der Waals surface area contributed by atoms with Crippen molar-refractivity contribution in [2.24, 2.45) is 0 Å². The number of carboxylic acids is 1. The second-order valence-corrected chi connectivity index (χ2v) is 5.66. The number of carbonyl (C=O) groups is 2. The van der Waals surface area contributed by atoms with Gasteiger partial charge in [0.15, 0.2) is 0 Å². The van der Waals surface area contributed by atoms with Crippen LogP contribution < -0.4 is 4.90 Å². The molecule has 6 heteroatoms. The van der Waals surface area contributed by atoms with Gasteiger partial charge in [-0.25, -0.2) is 4.79 Å². The van der Waals surface area contributed by atoms with Crippen molar-refractivity contribution in [3.8, 4) is 0 Å². The van der Waals surface area contributed by atoms with Crippen LogP contribution in [0.1, 0.15) is 41.9 Å². The SMILES string of the molecule is CCCN(CCC(=O)O)c1sc(C)cc1C(=O)OCC. The Balaban J connectivity index is 2.99. The molecule has 1 aromatic heterocycles. The second-order valence-electron chi connectivity index (χ2n) is 4.43. The maximum Gasteiger partial charge on any atom is 0.341 e. The zero-order valence-corrected chi connectivity index (χ0v) is 13.0. The zero-order valence-electron chi connectivity index (χ0n) is 12.1. The van der Waals surface area contributed by atoms with Crippen LogP contribution in [0.3, 0.4) is 0 Å². The Morgan fingerprint density at radius 2 is 2.05 bits per heavy atom. The summed E-state index contributed by atoms with van der Waals surface area (Å²) in [6, 6.07) is 1.81. The van der Waals surface area contributed by atoms with Crippen molar-refractivity contribution in [1.29, 1.82) is 0 Å². The maximum absolute atomic E-state index is 12.0. The summed E-state index contributed by atoms with van der Waals surface area (Å²) in [4.78, 5) is 25.7. The normalized spacial score (nSPS) is 10.3. The first kappa shape index (κ1) is 16.5. The first-order valence-electron chi connectivity index (χ1n) is 6.73. The van der Waals surface area contributed by atoms with E-state index >= 15 is 0 Å². The topological polar surface area (TPSA) is 66.8 Å². The van der Waals surface area contributed by atoms with Crippen LogP contribution in [-0.4, -0.2) is 36.7 Å². The molecule has 0 radical (unpaired) electrons. The summed E-state index contributed by atoms with van der Waals surface area (Å²) in [5, 5.41) is 9.64. The molecule has 20 heavy (non-hydrogen) atoms. The fourth-order valence-corrected chi connectivity index (χ4v) is 2.95. The second kappa shape index (κ2) is 7.89. The highest BCUT2D eigenvalue weighted by Gasteiger charge is 2.21. The minimum atomic E-state index is -0.836. The number of carboxylic acid groups (broad SMARTS) is 1. The van der Waals surface area contributed by atoms with E-state index in [1.54, 1.807) is 13.0 Å². The molecule has 0 saturated heterocycles. The average Bonchev–Trinajstić information content (AvgIpc) is 2.76. The van der Waals surface area contributed by atoms with Crippen molar-refractivity contribution in [2.45, 2.75) is 33.6 Å². The molecule has 0 bridgehead atoms. The first-order chi connectivity index (χ1) is 9.49. The minimum Gasteiger partial charge on any atom is -0.481 e. The number of nitrogens with zero attached hydrogens (tertiary/aromatic N) is 1. The molecule has 0 aliphatic rings. The van der Waals surface area contributed by atoms with Gasteiger partial charge in [0.05, 0.1) is 18.6 Å². The summed E-state index contributed by atoms with van der Waals surface area (Å²) in [5.41, 5.74) is 0.535. The number of thiophene rings is 1. The van der Waals surface area contributed by atoms with E-state index in [9.17, 15) is 9.59 Å². The molecule has 0 amide bonds. The van der Waals surface area contributed by atoms with E-state index in [4.69, 9.17) is 9.84 Å². The highest BCUT2D eigenvalue weighted by molar-refractivity contribution is 7.16. The molecule has 0 aliphatic carbocycles. The molecule has 1 rings (SSSR count). The predicted molar refractivity (Wildman–Crippen MR) is 79.8 cm³/mol. The van der Waals surface area contributed by atoms with Crippen LogP contribution in [0.5, 0.6) is 0 Å². The molecule has 0 saturated carbocycles. The van der Waals surface area contributed by atoms with Crippen LogP contribution in [0.15, 0.2) is 6.07 Å². The smallest absolute Gasteiger partial charge is 0.341 e. The van der Waals surface area contributed by atoms with Gasteiger partial charge in [0, 0.05) is 18.0 Å². The lowest BCUT2D eigenvalue weighted by molar-refractivity contribution is -0.136. The van der Waals surface area contributed by atoms with Crippen LogP contribution in [0.2, 0.25) is 0 Å². The van der Waals surface area contributed by atoms with Gasteiger partial charge in [-0.2, -0.15) is 0 Å². The molecule has 1 N–H and O–H groups in total. The molecule has 1 aromatic rings. The van der Waals surface area contributed by atoms with Crippen LogP contribution in [0, 0.1) is 6.92 Å². The van der Waals surface area contributed by atoms with Gasteiger partial charge in [0.25, 0.3) is 0 Å². The molecule has 1 heterocycles. The van der Waals surface area contributed by atoms with Gasteiger partial charge in [0.1, 0.15) is 5.00 Å². The summed E-state index contributed by atoms with van der Waals surface area (Å²) >= 11 is 1.50. The van der Waals surface area contributed by atoms with Gasteiger partial charge >= 0.3 is 11.9 Å². The molecule has 0 atom stereocenters. The third kappa shape index (κ3) is 4.52. The first-order valence-corrected chi connectivity index (χ1v) is 7.55. The highest BCUT2D eigenvalue weighted by atomic mass is 32.1. The number of carbonyl (C=O) groups excluding carboxylic acids is 1. The maximum atomic E-state index is 12.0. The summed E-state index contributed by atoms with van der Waals surface area (Å²) < 4.78 is 5.06. The van der Waals surface area contributed by atoms with Crippen LogP contribution >= 0.6 is 11.3 Å². The molecular weight excluding hydrogens is 278 g/mol. The highest BCUT2D eigenvalue weighted by Crippen LogP contribution is 2.32. The molecule has 0 unspecified atom stereocenters. The largest absolute Gasteiger partial charge is 0.481 e. The molecular formula is C14H21NO4S. The van der Waals surface area contributed by atoms with Crippen molar-refractivity contribution in [3.63, 3.8) is 0 Å². The van der Waals surface area contributed by atoms with Crippen molar-refractivity contribution in [3.05, 3.63) is 16.5 Å². The summed E-state index contributed by atoms with van der Waals surface area (Å²) in [7, 11) is 0. The molecule has 112 valence electrons. The van der Waals surface area contributed by atoms with Crippen molar-refractivity contribution < 1.29 is 19.4 Å². The number of anilines is 1. The number of esters is 1.